The molecule has 1 aromatic carbocycles. The van der Waals surface area contributed by atoms with Gasteiger partial charge in [0.1, 0.15) is 5.54 Å². The van der Waals surface area contributed by atoms with Gasteiger partial charge in [-0.3, -0.25) is 20.0 Å². The molecule has 0 spiro atoms. The minimum atomic E-state index is -1.27. The third-order valence-corrected chi connectivity index (χ3v) is 4.36. The number of ether oxygens (including phenoxy) is 1. The average molecular weight is 382 g/mol. The number of urea groups is 1. The van der Waals surface area contributed by atoms with Gasteiger partial charge in [-0.1, -0.05) is 37.3 Å². The van der Waals surface area contributed by atoms with E-state index in [-0.39, 0.29) is 5.56 Å². The summed E-state index contributed by atoms with van der Waals surface area (Å²) in [5.74, 6) is -2.17. The summed E-state index contributed by atoms with van der Waals surface area (Å²) >= 11 is 0. The van der Waals surface area contributed by atoms with E-state index in [1.165, 1.54) is 18.5 Å². The molecule has 3 rings (SSSR count). The maximum atomic E-state index is 12.9. The van der Waals surface area contributed by atoms with Crippen LogP contribution in [0.25, 0.3) is 0 Å². The standard InChI is InChI=1S/C19H18N4O5/c1-2-19(14-8-4-3-5-9-14)17(26)23(18(27)21-19)22-15(24)12-28-16(25)13-7-6-10-20-11-13/h3-11H,2,12H2,1H3,(H,21,27)(H,22,24)/t19-/m0/s1. The Bertz CT molecular complexity index is 903. The van der Waals surface area contributed by atoms with E-state index in [2.05, 4.69) is 15.7 Å². The van der Waals surface area contributed by atoms with Crippen LogP contribution in [0.3, 0.4) is 0 Å². The summed E-state index contributed by atoms with van der Waals surface area (Å²) in [5, 5.41) is 3.24. The molecule has 1 atom stereocenters. The summed E-state index contributed by atoms with van der Waals surface area (Å²) in [7, 11) is 0. The fourth-order valence-corrected chi connectivity index (χ4v) is 2.89. The van der Waals surface area contributed by atoms with Crippen LogP contribution >= 0.6 is 0 Å². The number of benzene rings is 1. The normalized spacial score (nSPS) is 18.5. The Morgan fingerprint density at radius 1 is 1.18 bits per heavy atom. The number of carbonyl (C=O) groups is 4. The Morgan fingerprint density at radius 2 is 1.93 bits per heavy atom. The van der Waals surface area contributed by atoms with Crippen LogP contribution < -0.4 is 10.7 Å². The molecule has 1 fully saturated rings. The van der Waals surface area contributed by atoms with Crippen LogP contribution in [0, 0.1) is 0 Å². The molecule has 2 N–H and O–H groups in total. The second-order valence-corrected chi connectivity index (χ2v) is 6.05. The second kappa shape index (κ2) is 7.87. The van der Waals surface area contributed by atoms with Gasteiger partial charge in [0.25, 0.3) is 11.8 Å². The number of rotatable bonds is 6. The third-order valence-electron chi connectivity index (χ3n) is 4.36. The molecule has 1 saturated heterocycles. The van der Waals surface area contributed by atoms with Gasteiger partial charge >= 0.3 is 12.0 Å². The van der Waals surface area contributed by atoms with Crippen LogP contribution in [0.1, 0.15) is 29.3 Å². The van der Waals surface area contributed by atoms with Crippen LogP contribution in [0.15, 0.2) is 54.9 Å². The highest BCUT2D eigenvalue weighted by Gasteiger charge is 2.52. The Hall–Kier alpha value is -3.75. The first kappa shape index (κ1) is 19.0. The van der Waals surface area contributed by atoms with Gasteiger partial charge in [0.15, 0.2) is 6.61 Å². The van der Waals surface area contributed by atoms with Crippen molar-refractivity contribution in [2.75, 3.05) is 6.61 Å². The van der Waals surface area contributed by atoms with Crippen molar-refractivity contribution in [3.8, 4) is 0 Å². The zero-order valence-electron chi connectivity index (χ0n) is 15.0. The SMILES string of the molecule is CC[C@@]1(c2ccccc2)NC(=O)N(NC(=O)COC(=O)c2cccnc2)C1=O. The first-order valence-corrected chi connectivity index (χ1v) is 8.57. The van der Waals surface area contributed by atoms with Crippen LogP contribution in [0.4, 0.5) is 4.79 Å². The van der Waals surface area contributed by atoms with Crippen molar-refractivity contribution < 1.29 is 23.9 Å². The van der Waals surface area contributed by atoms with Crippen molar-refractivity contribution >= 4 is 23.8 Å². The molecule has 4 amide bonds. The van der Waals surface area contributed by atoms with Crippen molar-refractivity contribution in [3.05, 3.63) is 66.0 Å². The fourth-order valence-electron chi connectivity index (χ4n) is 2.89. The first-order valence-electron chi connectivity index (χ1n) is 8.57. The van der Waals surface area contributed by atoms with Crippen molar-refractivity contribution in [2.24, 2.45) is 0 Å². The summed E-state index contributed by atoms with van der Waals surface area (Å²) in [6.07, 6.45) is 3.09. The van der Waals surface area contributed by atoms with Gasteiger partial charge in [0.05, 0.1) is 5.56 Å². The topological polar surface area (TPSA) is 118 Å². The van der Waals surface area contributed by atoms with Gasteiger partial charge in [-0.05, 0) is 24.1 Å². The zero-order valence-corrected chi connectivity index (χ0v) is 15.0. The lowest BCUT2D eigenvalue weighted by Crippen LogP contribution is -2.49. The minimum Gasteiger partial charge on any atom is -0.452 e. The largest absolute Gasteiger partial charge is 0.452 e. The van der Waals surface area contributed by atoms with Crippen molar-refractivity contribution in [1.82, 2.24) is 20.7 Å². The number of hydrazine groups is 1. The molecular formula is C19H18N4O5. The van der Waals surface area contributed by atoms with E-state index >= 15 is 0 Å². The molecule has 9 heteroatoms. The number of pyridine rings is 1. The summed E-state index contributed by atoms with van der Waals surface area (Å²) in [4.78, 5) is 52.9. The molecule has 1 aromatic heterocycles. The van der Waals surface area contributed by atoms with Crippen molar-refractivity contribution in [1.29, 1.82) is 0 Å². The highest BCUT2D eigenvalue weighted by molar-refractivity contribution is 6.08. The lowest BCUT2D eigenvalue weighted by atomic mass is 9.87. The second-order valence-electron chi connectivity index (χ2n) is 6.05. The van der Waals surface area contributed by atoms with Crippen molar-refractivity contribution in [2.45, 2.75) is 18.9 Å². The molecule has 1 aliphatic heterocycles. The number of carbonyl (C=O) groups excluding carboxylic acids is 4. The first-order chi connectivity index (χ1) is 13.5. The molecule has 0 bridgehead atoms. The average Bonchev–Trinajstić information content (AvgIpc) is 2.98. The Balaban J connectivity index is 1.65. The van der Waals surface area contributed by atoms with E-state index in [1.807, 2.05) is 0 Å². The van der Waals surface area contributed by atoms with E-state index in [9.17, 15) is 19.2 Å². The van der Waals surface area contributed by atoms with Gasteiger partial charge in [-0.25, -0.2) is 9.59 Å². The van der Waals surface area contributed by atoms with E-state index < -0.39 is 36.0 Å². The van der Waals surface area contributed by atoms with Gasteiger partial charge < -0.3 is 10.1 Å². The number of amides is 4. The summed E-state index contributed by atoms with van der Waals surface area (Å²) in [5.41, 5.74) is 1.71. The summed E-state index contributed by atoms with van der Waals surface area (Å²) in [6.45, 7) is 1.10. The quantitative estimate of drug-likeness (QED) is 0.571. The van der Waals surface area contributed by atoms with Gasteiger partial charge in [0, 0.05) is 12.4 Å². The molecule has 0 unspecified atom stereocenters. The van der Waals surface area contributed by atoms with Crippen molar-refractivity contribution in [3.63, 3.8) is 0 Å². The highest BCUT2D eigenvalue weighted by Crippen LogP contribution is 2.31. The smallest absolute Gasteiger partial charge is 0.344 e. The number of hydrogen-bond donors (Lipinski definition) is 2. The number of imide groups is 1. The molecule has 144 valence electrons. The van der Waals surface area contributed by atoms with Gasteiger partial charge in [-0.15, -0.1) is 0 Å². The zero-order chi connectivity index (χ0) is 20.1. The molecule has 9 nitrogen and oxygen atoms in total. The molecule has 1 aliphatic rings. The Kier molecular flexibility index (Phi) is 5.35. The number of esters is 1. The van der Waals surface area contributed by atoms with Crippen LogP contribution in [0.5, 0.6) is 0 Å². The maximum absolute atomic E-state index is 12.9. The third kappa shape index (κ3) is 3.54. The molecule has 0 aliphatic carbocycles. The summed E-state index contributed by atoms with van der Waals surface area (Å²) in [6, 6.07) is 11.0. The minimum absolute atomic E-state index is 0.180. The number of hydrogen-bond acceptors (Lipinski definition) is 6. The Morgan fingerprint density at radius 3 is 2.57 bits per heavy atom. The number of nitrogens with zero attached hydrogens (tertiary/aromatic N) is 2. The fraction of sp³-hybridized carbons (Fsp3) is 0.211. The predicted molar refractivity (Wildman–Crippen MR) is 96.5 cm³/mol. The van der Waals surface area contributed by atoms with E-state index in [4.69, 9.17) is 4.74 Å². The van der Waals surface area contributed by atoms with E-state index in [0.717, 1.165) is 0 Å². The lowest BCUT2D eigenvalue weighted by molar-refractivity contribution is -0.140. The molecule has 28 heavy (non-hydrogen) atoms. The summed E-state index contributed by atoms with van der Waals surface area (Å²) < 4.78 is 4.87. The van der Waals surface area contributed by atoms with Gasteiger partial charge in [0.2, 0.25) is 0 Å². The Labute approximate surface area is 160 Å². The van der Waals surface area contributed by atoms with Crippen LogP contribution in [0.2, 0.25) is 0 Å². The van der Waals surface area contributed by atoms with Crippen LogP contribution in [-0.2, 0) is 19.9 Å². The molecule has 2 heterocycles. The monoisotopic (exact) mass is 382 g/mol. The highest BCUT2D eigenvalue weighted by atomic mass is 16.5. The predicted octanol–water partition coefficient (Wildman–Crippen LogP) is 1.13. The molecule has 0 saturated carbocycles. The number of nitrogens with one attached hydrogen (secondary N) is 2. The van der Waals surface area contributed by atoms with Gasteiger partial charge in [-0.2, -0.15) is 5.01 Å². The van der Waals surface area contributed by atoms with E-state index in [0.29, 0.717) is 17.0 Å². The number of aromatic nitrogens is 1. The molecular weight excluding hydrogens is 364 g/mol. The van der Waals surface area contributed by atoms with E-state index in [1.54, 1.807) is 43.3 Å². The maximum Gasteiger partial charge on any atom is 0.344 e. The lowest BCUT2D eigenvalue weighted by Gasteiger charge is -2.25. The molecule has 2 aromatic rings. The van der Waals surface area contributed by atoms with Crippen LogP contribution in [-0.4, -0.2) is 40.4 Å². The molecule has 0 radical (unpaired) electrons.